The molecule has 1 N–H and O–H groups in total. The maximum absolute atomic E-state index is 5.22. The summed E-state index contributed by atoms with van der Waals surface area (Å²) in [5, 5.41) is 3.32. The van der Waals surface area contributed by atoms with E-state index in [0.29, 0.717) is 6.04 Å². The molecule has 3 heteroatoms. The van der Waals surface area contributed by atoms with Gasteiger partial charge in [0.1, 0.15) is 0 Å². The highest BCUT2D eigenvalue weighted by Gasteiger charge is 2.26. The van der Waals surface area contributed by atoms with Crippen LogP contribution in [0.2, 0.25) is 0 Å². The van der Waals surface area contributed by atoms with Crippen molar-refractivity contribution in [2.75, 3.05) is 27.3 Å². The zero-order valence-corrected chi connectivity index (χ0v) is 10.6. The van der Waals surface area contributed by atoms with E-state index in [1.165, 1.54) is 19.3 Å². The van der Waals surface area contributed by atoms with Gasteiger partial charge in [0, 0.05) is 31.8 Å². The molecule has 0 aliphatic carbocycles. The Morgan fingerprint density at radius 2 is 1.93 bits per heavy atom. The van der Waals surface area contributed by atoms with Gasteiger partial charge in [0.25, 0.3) is 0 Å². The molecular formula is C12H26N2O. The number of likely N-dealkylation sites (N-methyl/N-ethyl adjacent to an activating group) is 1. The minimum absolute atomic E-state index is 0.456. The van der Waals surface area contributed by atoms with Crippen LogP contribution in [0.15, 0.2) is 0 Å². The van der Waals surface area contributed by atoms with Crippen molar-refractivity contribution in [3.63, 3.8) is 0 Å². The lowest BCUT2D eigenvalue weighted by atomic mass is 9.97. The quantitative estimate of drug-likeness (QED) is 0.750. The van der Waals surface area contributed by atoms with Gasteiger partial charge in [-0.15, -0.1) is 0 Å². The molecule has 3 atom stereocenters. The fraction of sp³-hybridized carbons (Fsp3) is 1.00. The van der Waals surface area contributed by atoms with E-state index in [4.69, 9.17) is 4.74 Å². The smallest absolute Gasteiger partial charge is 0.0628 e. The Kier molecular flexibility index (Phi) is 5.58. The SMILES string of the molecule is CNC(COC)CN1C(C)CCCC1C. The summed E-state index contributed by atoms with van der Waals surface area (Å²) in [6, 6.07) is 1.90. The van der Waals surface area contributed by atoms with Crippen LogP contribution in [0.4, 0.5) is 0 Å². The number of hydrogen-bond acceptors (Lipinski definition) is 3. The molecule has 1 saturated heterocycles. The summed E-state index contributed by atoms with van der Waals surface area (Å²) < 4.78 is 5.22. The lowest BCUT2D eigenvalue weighted by Gasteiger charge is -2.40. The van der Waals surface area contributed by atoms with Gasteiger partial charge in [0.2, 0.25) is 0 Å². The molecule has 0 spiro atoms. The second kappa shape index (κ2) is 6.46. The van der Waals surface area contributed by atoms with Crippen molar-refractivity contribution in [2.45, 2.75) is 51.2 Å². The van der Waals surface area contributed by atoms with Crippen molar-refractivity contribution in [1.82, 2.24) is 10.2 Å². The summed E-state index contributed by atoms with van der Waals surface area (Å²) in [7, 11) is 3.79. The monoisotopic (exact) mass is 214 g/mol. The molecule has 3 unspecified atom stereocenters. The minimum Gasteiger partial charge on any atom is -0.383 e. The van der Waals surface area contributed by atoms with Crippen molar-refractivity contribution in [2.24, 2.45) is 0 Å². The molecule has 1 rings (SSSR count). The zero-order chi connectivity index (χ0) is 11.3. The fourth-order valence-corrected chi connectivity index (χ4v) is 2.52. The second-order valence-electron chi connectivity index (χ2n) is 4.77. The van der Waals surface area contributed by atoms with E-state index in [1.54, 1.807) is 7.11 Å². The highest BCUT2D eigenvalue weighted by Crippen LogP contribution is 2.22. The summed E-state index contributed by atoms with van der Waals surface area (Å²) in [6.45, 7) is 6.59. The van der Waals surface area contributed by atoms with E-state index in [-0.39, 0.29) is 0 Å². The molecule has 15 heavy (non-hydrogen) atoms. The molecule has 3 nitrogen and oxygen atoms in total. The van der Waals surface area contributed by atoms with Gasteiger partial charge < -0.3 is 10.1 Å². The highest BCUT2D eigenvalue weighted by atomic mass is 16.5. The van der Waals surface area contributed by atoms with E-state index in [1.807, 2.05) is 7.05 Å². The van der Waals surface area contributed by atoms with Crippen LogP contribution in [-0.2, 0) is 4.74 Å². The van der Waals surface area contributed by atoms with Gasteiger partial charge in [0.05, 0.1) is 6.61 Å². The number of rotatable bonds is 5. The van der Waals surface area contributed by atoms with Crippen molar-refractivity contribution < 1.29 is 4.74 Å². The van der Waals surface area contributed by atoms with E-state index >= 15 is 0 Å². The summed E-state index contributed by atoms with van der Waals surface area (Å²) in [6.07, 6.45) is 4.06. The van der Waals surface area contributed by atoms with Crippen LogP contribution >= 0.6 is 0 Å². The van der Waals surface area contributed by atoms with Crippen LogP contribution < -0.4 is 5.32 Å². The Bertz CT molecular complexity index is 165. The maximum atomic E-state index is 5.22. The minimum atomic E-state index is 0.456. The van der Waals surface area contributed by atoms with Crippen LogP contribution in [0.5, 0.6) is 0 Å². The summed E-state index contributed by atoms with van der Waals surface area (Å²) in [5.74, 6) is 0. The highest BCUT2D eigenvalue weighted by molar-refractivity contribution is 4.82. The molecule has 0 aromatic carbocycles. The molecule has 0 aromatic rings. The fourth-order valence-electron chi connectivity index (χ4n) is 2.52. The predicted octanol–water partition coefficient (Wildman–Crippen LogP) is 1.48. The Hall–Kier alpha value is -0.120. The lowest BCUT2D eigenvalue weighted by Crippen LogP contribution is -2.51. The largest absolute Gasteiger partial charge is 0.383 e. The van der Waals surface area contributed by atoms with E-state index in [9.17, 15) is 0 Å². The van der Waals surface area contributed by atoms with Gasteiger partial charge in [-0.05, 0) is 33.7 Å². The van der Waals surface area contributed by atoms with Crippen LogP contribution in [0, 0.1) is 0 Å². The van der Waals surface area contributed by atoms with Gasteiger partial charge in [0.15, 0.2) is 0 Å². The maximum Gasteiger partial charge on any atom is 0.0628 e. The zero-order valence-electron chi connectivity index (χ0n) is 10.6. The summed E-state index contributed by atoms with van der Waals surface area (Å²) >= 11 is 0. The molecule has 1 aliphatic heterocycles. The van der Waals surface area contributed by atoms with Crippen molar-refractivity contribution >= 4 is 0 Å². The second-order valence-corrected chi connectivity index (χ2v) is 4.77. The van der Waals surface area contributed by atoms with Gasteiger partial charge in [-0.3, -0.25) is 4.90 Å². The molecule has 1 aliphatic rings. The van der Waals surface area contributed by atoms with Gasteiger partial charge in [-0.2, -0.15) is 0 Å². The standard InChI is InChI=1S/C12H26N2O/c1-10-6-5-7-11(2)14(10)8-12(13-3)9-15-4/h10-13H,5-9H2,1-4H3. The Labute approximate surface area is 94.2 Å². The Balaban J connectivity index is 2.45. The average molecular weight is 214 g/mol. The molecule has 1 fully saturated rings. The first-order valence-corrected chi connectivity index (χ1v) is 6.11. The molecule has 0 amide bonds. The first-order valence-electron chi connectivity index (χ1n) is 6.11. The number of nitrogens with zero attached hydrogens (tertiary/aromatic N) is 1. The normalized spacial score (nSPS) is 30.4. The van der Waals surface area contributed by atoms with Gasteiger partial charge in [-0.25, -0.2) is 0 Å². The van der Waals surface area contributed by atoms with Crippen molar-refractivity contribution in [3.05, 3.63) is 0 Å². The van der Waals surface area contributed by atoms with E-state index in [0.717, 1.165) is 25.2 Å². The first-order chi connectivity index (χ1) is 7.19. The molecule has 0 bridgehead atoms. The summed E-state index contributed by atoms with van der Waals surface area (Å²) in [5.41, 5.74) is 0. The number of likely N-dealkylation sites (tertiary alicyclic amines) is 1. The molecule has 0 radical (unpaired) electrons. The van der Waals surface area contributed by atoms with E-state index < -0.39 is 0 Å². The third-order valence-electron chi connectivity index (χ3n) is 3.58. The number of nitrogens with one attached hydrogen (secondary N) is 1. The average Bonchev–Trinajstić information content (AvgIpc) is 2.22. The van der Waals surface area contributed by atoms with Crippen LogP contribution in [-0.4, -0.2) is 50.3 Å². The van der Waals surface area contributed by atoms with Crippen molar-refractivity contribution in [1.29, 1.82) is 0 Å². The van der Waals surface area contributed by atoms with Crippen LogP contribution in [0.3, 0.4) is 0 Å². The van der Waals surface area contributed by atoms with Crippen LogP contribution in [0.25, 0.3) is 0 Å². The first kappa shape index (κ1) is 12.9. The number of piperidine rings is 1. The van der Waals surface area contributed by atoms with Crippen LogP contribution in [0.1, 0.15) is 33.1 Å². The molecule has 0 aromatic heterocycles. The molecule has 90 valence electrons. The molecule has 0 saturated carbocycles. The third-order valence-corrected chi connectivity index (χ3v) is 3.58. The number of methoxy groups -OCH3 is 1. The van der Waals surface area contributed by atoms with Gasteiger partial charge in [-0.1, -0.05) is 6.42 Å². The Morgan fingerprint density at radius 3 is 2.40 bits per heavy atom. The third kappa shape index (κ3) is 3.74. The number of hydrogen-bond donors (Lipinski definition) is 1. The number of ether oxygens (including phenoxy) is 1. The predicted molar refractivity (Wildman–Crippen MR) is 64.2 cm³/mol. The molecule has 1 heterocycles. The lowest BCUT2D eigenvalue weighted by molar-refractivity contribution is 0.0712. The van der Waals surface area contributed by atoms with Crippen molar-refractivity contribution in [3.8, 4) is 0 Å². The summed E-state index contributed by atoms with van der Waals surface area (Å²) in [4.78, 5) is 2.61. The topological polar surface area (TPSA) is 24.5 Å². The van der Waals surface area contributed by atoms with Gasteiger partial charge >= 0.3 is 0 Å². The van der Waals surface area contributed by atoms with E-state index in [2.05, 4.69) is 24.1 Å². The Morgan fingerprint density at radius 1 is 1.33 bits per heavy atom. The molecular weight excluding hydrogens is 188 g/mol.